The molecular formula is C7H8BrN5. The van der Waals surface area contributed by atoms with E-state index in [0.29, 0.717) is 0 Å². The molecule has 2 aromatic rings. The Morgan fingerprint density at radius 2 is 2.31 bits per heavy atom. The SMILES string of the molecule is CNc1cc(Br)c2nnn(C)c2n1. The molecule has 2 aromatic heterocycles. The summed E-state index contributed by atoms with van der Waals surface area (Å²) in [5, 5.41) is 10.8. The normalized spacial score (nSPS) is 10.7. The highest BCUT2D eigenvalue weighted by Gasteiger charge is 2.08. The van der Waals surface area contributed by atoms with Gasteiger partial charge in [-0.15, -0.1) is 5.10 Å². The van der Waals surface area contributed by atoms with Crippen molar-refractivity contribution in [3.63, 3.8) is 0 Å². The molecule has 0 bridgehead atoms. The lowest BCUT2D eigenvalue weighted by atomic mass is 10.4. The molecule has 0 amide bonds. The maximum absolute atomic E-state index is 4.31. The molecule has 0 fully saturated rings. The van der Waals surface area contributed by atoms with Crippen LogP contribution in [-0.2, 0) is 7.05 Å². The standard InChI is InChI=1S/C7H8BrN5/c1-9-5-3-4(8)6-7(10-5)13(2)12-11-6/h3H,1-2H3,(H,9,10). The molecule has 1 N–H and O–H groups in total. The Morgan fingerprint density at radius 3 is 3.00 bits per heavy atom. The van der Waals surface area contributed by atoms with Gasteiger partial charge in [0.25, 0.3) is 0 Å². The third kappa shape index (κ3) is 1.27. The maximum Gasteiger partial charge on any atom is 0.181 e. The van der Waals surface area contributed by atoms with Crippen LogP contribution in [0.3, 0.4) is 0 Å². The van der Waals surface area contributed by atoms with Gasteiger partial charge in [-0.2, -0.15) is 0 Å². The van der Waals surface area contributed by atoms with Crippen LogP contribution in [0.15, 0.2) is 10.5 Å². The van der Waals surface area contributed by atoms with Crippen LogP contribution < -0.4 is 5.32 Å². The van der Waals surface area contributed by atoms with E-state index in [1.165, 1.54) is 0 Å². The van der Waals surface area contributed by atoms with Crippen molar-refractivity contribution in [1.29, 1.82) is 0 Å². The topological polar surface area (TPSA) is 55.6 Å². The number of rotatable bonds is 1. The van der Waals surface area contributed by atoms with Crippen molar-refractivity contribution in [3.05, 3.63) is 10.5 Å². The van der Waals surface area contributed by atoms with Gasteiger partial charge >= 0.3 is 0 Å². The van der Waals surface area contributed by atoms with E-state index >= 15 is 0 Å². The number of nitrogens with one attached hydrogen (secondary N) is 1. The number of halogens is 1. The summed E-state index contributed by atoms with van der Waals surface area (Å²) in [6, 6.07) is 1.87. The highest BCUT2D eigenvalue weighted by Crippen LogP contribution is 2.22. The van der Waals surface area contributed by atoms with Gasteiger partial charge in [-0.3, -0.25) is 0 Å². The number of aryl methyl sites for hydroxylation is 1. The molecule has 0 unspecified atom stereocenters. The van der Waals surface area contributed by atoms with Gasteiger partial charge in [-0.1, -0.05) is 5.21 Å². The Kier molecular flexibility index (Phi) is 1.91. The van der Waals surface area contributed by atoms with E-state index in [4.69, 9.17) is 0 Å². The number of anilines is 1. The van der Waals surface area contributed by atoms with Crippen LogP contribution in [-0.4, -0.2) is 27.0 Å². The van der Waals surface area contributed by atoms with E-state index in [2.05, 4.69) is 36.5 Å². The molecule has 2 heterocycles. The van der Waals surface area contributed by atoms with Crippen LogP contribution in [0.2, 0.25) is 0 Å². The summed E-state index contributed by atoms with van der Waals surface area (Å²) >= 11 is 3.41. The van der Waals surface area contributed by atoms with Gasteiger partial charge in [0.2, 0.25) is 0 Å². The monoisotopic (exact) mass is 241 g/mol. The molecule has 0 atom stereocenters. The summed E-state index contributed by atoms with van der Waals surface area (Å²) < 4.78 is 2.54. The van der Waals surface area contributed by atoms with Gasteiger partial charge in [0, 0.05) is 14.1 Å². The van der Waals surface area contributed by atoms with E-state index in [0.717, 1.165) is 21.5 Å². The first-order valence-corrected chi connectivity index (χ1v) is 4.55. The minimum atomic E-state index is 0.763. The maximum atomic E-state index is 4.31. The predicted octanol–water partition coefficient (Wildman–Crippen LogP) is 1.17. The quantitative estimate of drug-likeness (QED) is 0.815. The highest BCUT2D eigenvalue weighted by molar-refractivity contribution is 9.10. The van der Waals surface area contributed by atoms with Crippen molar-refractivity contribution < 1.29 is 0 Å². The van der Waals surface area contributed by atoms with Gasteiger partial charge in [-0.05, 0) is 22.0 Å². The largest absolute Gasteiger partial charge is 0.373 e. The molecule has 0 aliphatic heterocycles. The smallest absolute Gasteiger partial charge is 0.181 e. The highest BCUT2D eigenvalue weighted by atomic mass is 79.9. The third-order valence-corrected chi connectivity index (χ3v) is 2.37. The van der Waals surface area contributed by atoms with Crippen LogP contribution in [0, 0.1) is 0 Å². The molecule has 0 spiro atoms. The van der Waals surface area contributed by atoms with E-state index in [1.807, 2.05) is 20.2 Å². The minimum absolute atomic E-state index is 0.763. The molecule has 0 saturated heterocycles. The molecule has 68 valence electrons. The van der Waals surface area contributed by atoms with Crippen LogP contribution in [0.5, 0.6) is 0 Å². The van der Waals surface area contributed by atoms with Gasteiger partial charge in [0.15, 0.2) is 5.65 Å². The number of fused-ring (bicyclic) bond motifs is 1. The zero-order chi connectivity index (χ0) is 9.42. The van der Waals surface area contributed by atoms with Crippen LogP contribution in [0.4, 0.5) is 5.82 Å². The summed E-state index contributed by atoms with van der Waals surface area (Å²) in [5.41, 5.74) is 1.54. The molecular weight excluding hydrogens is 234 g/mol. The van der Waals surface area contributed by atoms with E-state index in [9.17, 15) is 0 Å². The number of aromatic nitrogens is 4. The summed E-state index contributed by atoms with van der Waals surface area (Å²) in [7, 11) is 3.64. The predicted molar refractivity (Wildman–Crippen MR) is 53.6 cm³/mol. The second kappa shape index (κ2) is 2.95. The van der Waals surface area contributed by atoms with Gasteiger partial charge in [0.05, 0.1) is 4.47 Å². The van der Waals surface area contributed by atoms with Crippen molar-refractivity contribution in [2.24, 2.45) is 7.05 Å². The first-order chi connectivity index (χ1) is 6.22. The summed E-state index contributed by atoms with van der Waals surface area (Å²) in [4.78, 5) is 4.31. The lowest BCUT2D eigenvalue weighted by Crippen LogP contribution is -1.96. The fraction of sp³-hybridized carbons (Fsp3) is 0.286. The molecule has 0 saturated carbocycles. The van der Waals surface area contributed by atoms with Crippen molar-refractivity contribution in [2.75, 3.05) is 12.4 Å². The van der Waals surface area contributed by atoms with Crippen molar-refractivity contribution in [2.45, 2.75) is 0 Å². The van der Waals surface area contributed by atoms with E-state index < -0.39 is 0 Å². The zero-order valence-electron chi connectivity index (χ0n) is 7.24. The first kappa shape index (κ1) is 8.43. The van der Waals surface area contributed by atoms with Crippen LogP contribution >= 0.6 is 15.9 Å². The van der Waals surface area contributed by atoms with Crippen LogP contribution in [0.1, 0.15) is 0 Å². The Morgan fingerprint density at radius 1 is 1.54 bits per heavy atom. The molecule has 2 rings (SSSR count). The van der Waals surface area contributed by atoms with Crippen molar-refractivity contribution >= 4 is 32.9 Å². The van der Waals surface area contributed by atoms with Crippen molar-refractivity contribution in [3.8, 4) is 0 Å². The Labute approximate surface area is 83.3 Å². The van der Waals surface area contributed by atoms with Crippen LogP contribution in [0.25, 0.3) is 11.2 Å². The molecule has 0 aliphatic rings. The second-order valence-electron chi connectivity index (χ2n) is 2.62. The molecule has 0 aromatic carbocycles. The Balaban J connectivity index is 2.80. The Bertz CT molecular complexity index is 449. The summed E-state index contributed by atoms with van der Waals surface area (Å²) in [5.74, 6) is 0.796. The third-order valence-electron chi connectivity index (χ3n) is 1.77. The summed E-state index contributed by atoms with van der Waals surface area (Å²) in [6.07, 6.45) is 0. The second-order valence-corrected chi connectivity index (χ2v) is 3.48. The molecule has 5 nitrogen and oxygen atoms in total. The average Bonchev–Trinajstić information content (AvgIpc) is 2.48. The minimum Gasteiger partial charge on any atom is -0.373 e. The number of hydrogen-bond acceptors (Lipinski definition) is 4. The van der Waals surface area contributed by atoms with Gasteiger partial charge in [0.1, 0.15) is 11.3 Å². The average molecular weight is 242 g/mol. The molecule has 6 heteroatoms. The molecule has 0 radical (unpaired) electrons. The molecule has 0 aliphatic carbocycles. The van der Waals surface area contributed by atoms with E-state index in [1.54, 1.807) is 4.68 Å². The summed E-state index contributed by atoms with van der Waals surface area (Å²) in [6.45, 7) is 0. The number of pyridine rings is 1. The number of hydrogen-bond donors (Lipinski definition) is 1. The van der Waals surface area contributed by atoms with Gasteiger partial charge in [-0.25, -0.2) is 9.67 Å². The Hall–Kier alpha value is -1.17. The fourth-order valence-corrected chi connectivity index (χ4v) is 1.57. The van der Waals surface area contributed by atoms with Crippen molar-refractivity contribution in [1.82, 2.24) is 20.0 Å². The lowest BCUT2D eigenvalue weighted by Gasteiger charge is -2.00. The first-order valence-electron chi connectivity index (χ1n) is 3.76. The molecule has 13 heavy (non-hydrogen) atoms. The number of nitrogens with zero attached hydrogens (tertiary/aromatic N) is 4. The van der Waals surface area contributed by atoms with Gasteiger partial charge < -0.3 is 5.32 Å². The lowest BCUT2D eigenvalue weighted by molar-refractivity contribution is 0.730. The fourth-order valence-electron chi connectivity index (χ4n) is 1.09. The zero-order valence-corrected chi connectivity index (χ0v) is 8.83. The van der Waals surface area contributed by atoms with E-state index in [-0.39, 0.29) is 0 Å².